The summed E-state index contributed by atoms with van der Waals surface area (Å²) >= 11 is 5.53. The molecule has 2 aromatic rings. The number of hydrogen-bond acceptors (Lipinski definition) is 1. The molecule has 0 fully saturated rings. The van der Waals surface area contributed by atoms with Crippen LogP contribution in [0.15, 0.2) is 24.4 Å². The predicted octanol–water partition coefficient (Wildman–Crippen LogP) is 3.89. The summed E-state index contributed by atoms with van der Waals surface area (Å²) in [5, 5.41) is -0.161. The molecule has 0 aliphatic carbocycles. The lowest BCUT2D eigenvalue weighted by Crippen LogP contribution is -2.07. The standard InChI is InChI=1S/C10H5ClF4N2/c11-6-3-5(1-2-7(6)12)8-4-16-9(17-8)10(13,14)15/h1-4H,(H,16,17). The van der Waals surface area contributed by atoms with E-state index in [1.807, 2.05) is 0 Å². The van der Waals surface area contributed by atoms with Gasteiger partial charge in [0.05, 0.1) is 16.9 Å². The zero-order valence-corrected chi connectivity index (χ0v) is 8.90. The number of aromatic nitrogens is 2. The summed E-state index contributed by atoms with van der Waals surface area (Å²) in [5.74, 6) is -1.74. The number of halogens is 5. The Balaban J connectivity index is 2.40. The molecule has 0 amide bonds. The molecule has 1 aromatic carbocycles. The van der Waals surface area contributed by atoms with Crippen molar-refractivity contribution in [3.05, 3.63) is 41.1 Å². The van der Waals surface area contributed by atoms with E-state index < -0.39 is 17.8 Å². The Hall–Kier alpha value is -1.56. The quantitative estimate of drug-likeness (QED) is 0.778. The molecule has 2 nitrogen and oxygen atoms in total. The molecule has 0 saturated heterocycles. The van der Waals surface area contributed by atoms with Gasteiger partial charge < -0.3 is 4.98 Å². The summed E-state index contributed by atoms with van der Waals surface area (Å²) in [4.78, 5) is 5.30. The van der Waals surface area contributed by atoms with E-state index in [-0.39, 0.29) is 10.7 Å². The molecule has 17 heavy (non-hydrogen) atoms. The molecule has 1 aromatic heterocycles. The van der Waals surface area contributed by atoms with Crippen molar-refractivity contribution in [3.8, 4) is 11.3 Å². The minimum absolute atomic E-state index is 0.124. The van der Waals surface area contributed by atoms with Crippen molar-refractivity contribution in [2.24, 2.45) is 0 Å². The largest absolute Gasteiger partial charge is 0.449 e. The van der Waals surface area contributed by atoms with Gasteiger partial charge in [-0.3, -0.25) is 0 Å². The molecular weight excluding hydrogens is 260 g/mol. The van der Waals surface area contributed by atoms with Crippen molar-refractivity contribution in [2.45, 2.75) is 6.18 Å². The van der Waals surface area contributed by atoms with Gasteiger partial charge in [0, 0.05) is 5.56 Å². The number of rotatable bonds is 1. The fourth-order valence-electron chi connectivity index (χ4n) is 1.28. The van der Waals surface area contributed by atoms with Crippen LogP contribution >= 0.6 is 11.6 Å². The third-order valence-electron chi connectivity index (χ3n) is 2.07. The van der Waals surface area contributed by atoms with Gasteiger partial charge in [0.25, 0.3) is 0 Å². The van der Waals surface area contributed by atoms with Crippen molar-refractivity contribution in [1.29, 1.82) is 0 Å². The third kappa shape index (κ3) is 2.41. The van der Waals surface area contributed by atoms with Crippen LogP contribution in [0.2, 0.25) is 5.02 Å². The summed E-state index contributed by atoms with van der Waals surface area (Å²) in [5.41, 5.74) is 0.457. The molecule has 0 saturated carbocycles. The van der Waals surface area contributed by atoms with Crippen LogP contribution in [0.5, 0.6) is 0 Å². The van der Waals surface area contributed by atoms with E-state index >= 15 is 0 Å². The highest BCUT2D eigenvalue weighted by atomic mass is 35.5. The first-order chi connectivity index (χ1) is 7.88. The molecule has 0 radical (unpaired) electrons. The first-order valence-electron chi connectivity index (χ1n) is 4.45. The van der Waals surface area contributed by atoms with Gasteiger partial charge in [0.15, 0.2) is 0 Å². The van der Waals surface area contributed by atoms with E-state index in [1.165, 1.54) is 12.1 Å². The van der Waals surface area contributed by atoms with Crippen LogP contribution in [0.25, 0.3) is 11.3 Å². The lowest BCUT2D eigenvalue weighted by atomic mass is 10.2. The number of nitrogens with one attached hydrogen (secondary N) is 1. The lowest BCUT2D eigenvalue weighted by molar-refractivity contribution is -0.144. The van der Waals surface area contributed by atoms with E-state index in [2.05, 4.69) is 9.97 Å². The van der Waals surface area contributed by atoms with Gasteiger partial charge in [0.2, 0.25) is 5.82 Å². The van der Waals surface area contributed by atoms with Crippen LogP contribution in [-0.2, 0) is 6.18 Å². The van der Waals surface area contributed by atoms with Crippen molar-refractivity contribution >= 4 is 11.6 Å². The second kappa shape index (κ2) is 4.03. The van der Waals surface area contributed by atoms with Gasteiger partial charge in [-0.1, -0.05) is 11.6 Å². The lowest BCUT2D eigenvalue weighted by Gasteiger charge is -2.01. The summed E-state index contributed by atoms with van der Waals surface area (Å²) < 4.78 is 49.7. The van der Waals surface area contributed by atoms with E-state index in [0.29, 0.717) is 5.56 Å². The fraction of sp³-hybridized carbons (Fsp3) is 0.100. The number of hydrogen-bond donors (Lipinski definition) is 1. The summed E-state index contributed by atoms with van der Waals surface area (Å²) in [6, 6.07) is 3.62. The average molecular weight is 265 g/mol. The molecule has 0 spiro atoms. The zero-order chi connectivity index (χ0) is 12.6. The molecule has 1 heterocycles. The molecule has 0 atom stereocenters. The molecule has 90 valence electrons. The highest BCUT2D eigenvalue weighted by Crippen LogP contribution is 2.29. The monoisotopic (exact) mass is 264 g/mol. The Morgan fingerprint density at radius 1 is 1.24 bits per heavy atom. The highest BCUT2D eigenvalue weighted by Gasteiger charge is 2.34. The summed E-state index contributed by atoms with van der Waals surface area (Å²) in [6.07, 6.45) is -3.52. The third-order valence-corrected chi connectivity index (χ3v) is 2.36. The van der Waals surface area contributed by atoms with Gasteiger partial charge in [-0.05, 0) is 18.2 Å². The van der Waals surface area contributed by atoms with Crippen molar-refractivity contribution in [3.63, 3.8) is 0 Å². The van der Waals surface area contributed by atoms with E-state index in [0.717, 1.165) is 12.3 Å². The van der Waals surface area contributed by atoms with Gasteiger partial charge >= 0.3 is 6.18 Å². The SMILES string of the molecule is Fc1ccc(-c2cnc(C(F)(F)F)[nH]2)cc1Cl. The molecular formula is C10H5ClF4N2. The zero-order valence-electron chi connectivity index (χ0n) is 8.15. The number of H-pyrrole nitrogens is 1. The normalized spacial score (nSPS) is 11.8. The topological polar surface area (TPSA) is 28.7 Å². The molecule has 2 rings (SSSR count). The van der Waals surface area contributed by atoms with Gasteiger partial charge in [0.1, 0.15) is 5.82 Å². The Morgan fingerprint density at radius 2 is 1.94 bits per heavy atom. The minimum Gasteiger partial charge on any atom is -0.334 e. The maximum Gasteiger partial charge on any atom is 0.449 e. The second-order valence-electron chi connectivity index (χ2n) is 3.27. The Morgan fingerprint density at radius 3 is 2.47 bits per heavy atom. The summed E-state index contributed by atoms with van der Waals surface area (Å²) in [7, 11) is 0. The Bertz CT molecular complexity index is 547. The Kier molecular flexibility index (Phi) is 2.82. The van der Waals surface area contributed by atoms with E-state index in [9.17, 15) is 17.6 Å². The Labute approximate surface area is 98.2 Å². The van der Waals surface area contributed by atoms with Crippen LogP contribution in [0.4, 0.5) is 17.6 Å². The van der Waals surface area contributed by atoms with Crippen LogP contribution in [0, 0.1) is 5.82 Å². The van der Waals surface area contributed by atoms with Crippen molar-refractivity contribution in [1.82, 2.24) is 9.97 Å². The highest BCUT2D eigenvalue weighted by molar-refractivity contribution is 6.31. The van der Waals surface area contributed by atoms with E-state index in [1.54, 1.807) is 0 Å². The molecule has 7 heteroatoms. The van der Waals surface area contributed by atoms with Crippen molar-refractivity contribution in [2.75, 3.05) is 0 Å². The average Bonchev–Trinajstić information content (AvgIpc) is 2.70. The molecule has 0 bridgehead atoms. The van der Waals surface area contributed by atoms with Gasteiger partial charge in [-0.15, -0.1) is 0 Å². The predicted molar refractivity (Wildman–Crippen MR) is 54.0 cm³/mol. The van der Waals surface area contributed by atoms with Gasteiger partial charge in [-0.25, -0.2) is 9.37 Å². The number of imidazole rings is 1. The smallest absolute Gasteiger partial charge is 0.334 e. The first-order valence-corrected chi connectivity index (χ1v) is 4.83. The molecule has 0 aliphatic rings. The van der Waals surface area contributed by atoms with Gasteiger partial charge in [-0.2, -0.15) is 13.2 Å². The van der Waals surface area contributed by atoms with Crippen molar-refractivity contribution < 1.29 is 17.6 Å². The van der Waals surface area contributed by atoms with E-state index in [4.69, 9.17) is 11.6 Å². The molecule has 0 unspecified atom stereocenters. The number of nitrogens with zero attached hydrogens (tertiary/aromatic N) is 1. The minimum atomic E-state index is -4.54. The maximum absolute atomic E-state index is 12.9. The van der Waals surface area contributed by atoms with Crippen LogP contribution in [-0.4, -0.2) is 9.97 Å². The number of aromatic amines is 1. The maximum atomic E-state index is 12.9. The van der Waals surface area contributed by atoms with Crippen LogP contribution in [0.3, 0.4) is 0 Å². The second-order valence-corrected chi connectivity index (χ2v) is 3.68. The first kappa shape index (κ1) is 11.9. The van der Waals surface area contributed by atoms with Crippen LogP contribution in [0.1, 0.15) is 5.82 Å². The number of alkyl halides is 3. The fourth-order valence-corrected chi connectivity index (χ4v) is 1.46. The number of benzene rings is 1. The molecule has 1 N–H and O–H groups in total. The summed E-state index contributed by atoms with van der Waals surface area (Å²) in [6.45, 7) is 0. The van der Waals surface area contributed by atoms with Crippen LogP contribution < -0.4 is 0 Å². The molecule has 0 aliphatic heterocycles.